The Bertz CT molecular complexity index is 1650. The van der Waals surface area contributed by atoms with Gasteiger partial charge in [0.05, 0.1) is 16.8 Å². The molecule has 0 aliphatic rings. The molecular formula is C31H27NOS4. The van der Waals surface area contributed by atoms with Crippen LogP contribution >= 0.6 is 46.2 Å². The average Bonchev–Trinajstić information content (AvgIpc) is 3.55. The van der Waals surface area contributed by atoms with E-state index in [0.29, 0.717) is 0 Å². The molecular weight excluding hydrogens is 531 g/mol. The molecule has 6 rings (SSSR count). The Kier molecular flexibility index (Phi) is 7.28. The van der Waals surface area contributed by atoms with Gasteiger partial charge in [-0.2, -0.15) is 0 Å². The van der Waals surface area contributed by atoms with Crippen molar-refractivity contribution in [2.45, 2.75) is 22.6 Å². The third kappa shape index (κ3) is 5.06. The number of thiophene rings is 1. The van der Waals surface area contributed by atoms with Crippen molar-refractivity contribution >= 4 is 76.6 Å². The summed E-state index contributed by atoms with van der Waals surface area (Å²) in [6.45, 7) is 2.36. The van der Waals surface area contributed by atoms with Gasteiger partial charge in [0.1, 0.15) is 0 Å². The molecule has 0 radical (unpaired) electrons. The molecule has 2 aromatic heterocycles. The normalized spacial score (nSPS) is 13.5. The molecule has 0 amide bonds. The number of nitrogens with zero attached hydrogens (tertiary/aromatic N) is 1. The molecule has 1 N–H and O–H groups in total. The molecule has 2 heterocycles. The highest BCUT2D eigenvalue weighted by Crippen LogP contribution is 2.42. The van der Waals surface area contributed by atoms with Gasteiger partial charge in [-0.15, -0.1) is 34.4 Å². The minimum Gasteiger partial charge on any atom is -0.396 e. The van der Waals surface area contributed by atoms with Gasteiger partial charge in [-0.05, 0) is 47.9 Å². The Hall–Kier alpha value is -2.35. The number of aliphatic hydroxyl groups is 1. The van der Waals surface area contributed by atoms with Crippen LogP contribution in [0.5, 0.6) is 0 Å². The van der Waals surface area contributed by atoms with Crippen molar-refractivity contribution in [2.75, 3.05) is 18.1 Å². The first-order chi connectivity index (χ1) is 18.2. The van der Waals surface area contributed by atoms with Crippen LogP contribution in [-0.4, -0.2) is 28.2 Å². The van der Waals surface area contributed by atoms with E-state index in [1.165, 1.54) is 40.9 Å². The Morgan fingerprint density at radius 3 is 2.38 bits per heavy atom. The van der Waals surface area contributed by atoms with Gasteiger partial charge in [-0.3, -0.25) is 0 Å². The zero-order valence-electron chi connectivity index (χ0n) is 20.5. The van der Waals surface area contributed by atoms with Gasteiger partial charge in [-0.1, -0.05) is 79.3 Å². The van der Waals surface area contributed by atoms with Crippen LogP contribution in [0.3, 0.4) is 0 Å². The van der Waals surface area contributed by atoms with Crippen molar-refractivity contribution in [2.24, 2.45) is 5.41 Å². The Labute approximate surface area is 233 Å². The zero-order chi connectivity index (χ0) is 25.2. The number of rotatable bonds is 9. The van der Waals surface area contributed by atoms with Crippen molar-refractivity contribution in [1.29, 1.82) is 0 Å². The molecule has 37 heavy (non-hydrogen) atoms. The largest absolute Gasteiger partial charge is 0.396 e. The highest BCUT2D eigenvalue weighted by atomic mass is 32.2. The molecule has 186 valence electrons. The smallest absolute Gasteiger partial charge is 0.151 e. The molecule has 2 nitrogen and oxygen atoms in total. The number of hydrogen-bond acceptors (Lipinski definition) is 6. The van der Waals surface area contributed by atoms with Crippen LogP contribution in [0.25, 0.3) is 41.5 Å². The summed E-state index contributed by atoms with van der Waals surface area (Å²) in [4.78, 5) is 6.02. The van der Waals surface area contributed by atoms with E-state index in [-0.39, 0.29) is 12.0 Å². The maximum Gasteiger partial charge on any atom is 0.151 e. The second-order valence-corrected chi connectivity index (χ2v) is 13.7. The van der Waals surface area contributed by atoms with E-state index in [0.717, 1.165) is 27.8 Å². The van der Waals surface area contributed by atoms with Crippen LogP contribution in [0, 0.1) is 5.41 Å². The summed E-state index contributed by atoms with van der Waals surface area (Å²) in [6, 6.07) is 32.5. The second-order valence-electron chi connectivity index (χ2n) is 9.34. The van der Waals surface area contributed by atoms with Gasteiger partial charge in [-0.25, -0.2) is 4.98 Å². The molecule has 0 saturated heterocycles. The number of thioether (sulfide) groups is 2. The molecule has 0 fully saturated rings. The monoisotopic (exact) mass is 557 g/mol. The Balaban J connectivity index is 1.22. The van der Waals surface area contributed by atoms with Crippen molar-refractivity contribution in [3.63, 3.8) is 0 Å². The second kappa shape index (κ2) is 10.8. The summed E-state index contributed by atoms with van der Waals surface area (Å²) in [5, 5.41) is 13.1. The minimum atomic E-state index is -0.158. The van der Waals surface area contributed by atoms with E-state index >= 15 is 0 Å². The van der Waals surface area contributed by atoms with Crippen LogP contribution in [0.15, 0.2) is 100 Å². The minimum absolute atomic E-state index is 0.158. The van der Waals surface area contributed by atoms with Crippen LogP contribution in [0.4, 0.5) is 0 Å². The molecule has 6 aromatic rings. The van der Waals surface area contributed by atoms with Gasteiger partial charge < -0.3 is 5.11 Å². The fourth-order valence-corrected chi connectivity index (χ4v) is 9.53. The predicted molar refractivity (Wildman–Crippen MR) is 166 cm³/mol. The molecule has 4 aromatic carbocycles. The summed E-state index contributed by atoms with van der Waals surface area (Å²) in [6.07, 6.45) is 0.926. The summed E-state index contributed by atoms with van der Waals surface area (Å²) < 4.78 is 4.97. The quantitative estimate of drug-likeness (QED) is 0.179. The van der Waals surface area contributed by atoms with Gasteiger partial charge in [0.2, 0.25) is 0 Å². The molecule has 1 unspecified atom stereocenters. The van der Waals surface area contributed by atoms with Gasteiger partial charge in [0.15, 0.2) is 4.34 Å². The number of aromatic nitrogens is 1. The summed E-state index contributed by atoms with van der Waals surface area (Å²) in [5.41, 5.74) is 3.43. The topological polar surface area (TPSA) is 33.1 Å². The maximum atomic E-state index is 10.5. The van der Waals surface area contributed by atoms with E-state index in [2.05, 4.69) is 91.9 Å². The molecule has 0 bridgehead atoms. The van der Waals surface area contributed by atoms with Gasteiger partial charge >= 0.3 is 0 Å². The van der Waals surface area contributed by atoms with Crippen molar-refractivity contribution in [3.05, 3.63) is 91.0 Å². The van der Waals surface area contributed by atoms with Crippen LogP contribution < -0.4 is 0 Å². The van der Waals surface area contributed by atoms with E-state index in [9.17, 15) is 5.11 Å². The lowest BCUT2D eigenvalue weighted by Crippen LogP contribution is -2.30. The number of benzene rings is 4. The van der Waals surface area contributed by atoms with Crippen LogP contribution in [-0.2, 0) is 0 Å². The SMILES string of the molecule is CCC(CO)(CSc1cccc(-c2cccc3c2sc2ccccc23)c1)CSc1nc2ccccc2s1. The molecule has 0 saturated carbocycles. The lowest BCUT2D eigenvalue weighted by atomic mass is 9.91. The maximum absolute atomic E-state index is 10.5. The Morgan fingerprint density at radius 2 is 1.54 bits per heavy atom. The highest BCUT2D eigenvalue weighted by Gasteiger charge is 2.28. The number of aliphatic hydroxyl groups excluding tert-OH is 1. The first kappa shape index (κ1) is 25.0. The van der Waals surface area contributed by atoms with Crippen LogP contribution in [0.1, 0.15) is 13.3 Å². The molecule has 0 spiro atoms. The average molecular weight is 558 g/mol. The van der Waals surface area contributed by atoms with E-state index < -0.39 is 0 Å². The van der Waals surface area contributed by atoms with E-state index in [1.54, 1.807) is 23.1 Å². The molecule has 1 atom stereocenters. The molecule has 0 aliphatic heterocycles. The van der Waals surface area contributed by atoms with E-state index in [1.807, 2.05) is 29.2 Å². The van der Waals surface area contributed by atoms with Crippen molar-refractivity contribution in [1.82, 2.24) is 4.98 Å². The molecule has 0 aliphatic carbocycles. The number of thiazole rings is 1. The number of fused-ring (bicyclic) bond motifs is 4. The lowest BCUT2D eigenvalue weighted by molar-refractivity contribution is 0.164. The fourth-order valence-electron chi connectivity index (χ4n) is 4.54. The van der Waals surface area contributed by atoms with E-state index in [4.69, 9.17) is 4.98 Å². The number of hydrogen-bond donors (Lipinski definition) is 1. The third-order valence-electron chi connectivity index (χ3n) is 6.96. The van der Waals surface area contributed by atoms with Crippen molar-refractivity contribution in [3.8, 4) is 11.1 Å². The fraction of sp³-hybridized carbons (Fsp3) is 0.194. The summed E-state index contributed by atoms with van der Waals surface area (Å²) >= 11 is 7.24. The number of para-hydroxylation sites is 1. The third-order valence-corrected chi connectivity index (χ3v) is 12.0. The zero-order valence-corrected chi connectivity index (χ0v) is 23.8. The van der Waals surface area contributed by atoms with Crippen molar-refractivity contribution < 1.29 is 5.11 Å². The summed E-state index contributed by atoms with van der Waals surface area (Å²) in [5.74, 6) is 1.72. The Morgan fingerprint density at radius 1 is 0.784 bits per heavy atom. The van der Waals surface area contributed by atoms with Crippen LogP contribution in [0.2, 0.25) is 0 Å². The highest BCUT2D eigenvalue weighted by molar-refractivity contribution is 8.01. The lowest BCUT2D eigenvalue weighted by Gasteiger charge is -2.29. The first-order valence-electron chi connectivity index (χ1n) is 12.4. The summed E-state index contributed by atoms with van der Waals surface area (Å²) in [7, 11) is 0. The predicted octanol–water partition coefficient (Wildman–Crippen LogP) is 9.60. The van der Waals surface area contributed by atoms with Gasteiger partial charge in [0.25, 0.3) is 0 Å². The first-order valence-corrected chi connectivity index (χ1v) is 16.0. The standard InChI is InChI=1S/C31H27NOS4/c1-2-31(18-33,20-35-30-32-26-14-4-6-16-28(26)37-30)19-34-22-10-7-9-21(17-22)23-12-8-13-25-24-11-3-5-15-27(24)36-29(23)25/h3-17,33H,2,18-20H2,1H3. The van der Waals surface area contributed by atoms with Gasteiger partial charge in [0, 0.05) is 42.0 Å². The molecule has 6 heteroatoms.